The summed E-state index contributed by atoms with van der Waals surface area (Å²) in [6.45, 7) is 5.61. The van der Waals surface area contributed by atoms with Crippen molar-refractivity contribution >= 4 is 0 Å². The summed E-state index contributed by atoms with van der Waals surface area (Å²) in [7, 11) is 1.87. The second kappa shape index (κ2) is 9.80. The van der Waals surface area contributed by atoms with E-state index >= 15 is 0 Å². The predicted octanol–water partition coefficient (Wildman–Crippen LogP) is 4.14. The first kappa shape index (κ1) is 16.0. The van der Waals surface area contributed by atoms with Crippen LogP contribution in [0.15, 0.2) is 0 Å². The summed E-state index contributed by atoms with van der Waals surface area (Å²) >= 11 is 0. The zero-order valence-electron chi connectivity index (χ0n) is 12.7. The number of hydrogen-bond acceptors (Lipinski definition) is 2. The van der Waals surface area contributed by atoms with Crippen LogP contribution in [0.1, 0.15) is 71.6 Å². The molecule has 1 N–H and O–H groups in total. The fourth-order valence-electron chi connectivity index (χ4n) is 3.23. The Labute approximate surface area is 114 Å². The quantitative estimate of drug-likeness (QED) is 0.633. The molecule has 1 aliphatic rings. The van der Waals surface area contributed by atoms with Crippen LogP contribution in [0.25, 0.3) is 0 Å². The molecule has 0 aromatic heterocycles. The highest BCUT2D eigenvalue weighted by Gasteiger charge is 2.22. The van der Waals surface area contributed by atoms with E-state index in [1.54, 1.807) is 0 Å². The molecule has 0 aromatic rings. The van der Waals surface area contributed by atoms with Crippen molar-refractivity contribution in [1.82, 2.24) is 5.32 Å². The summed E-state index contributed by atoms with van der Waals surface area (Å²) in [5, 5.41) is 3.70. The van der Waals surface area contributed by atoms with Gasteiger partial charge in [0.15, 0.2) is 0 Å². The molecule has 0 heterocycles. The molecule has 0 aromatic carbocycles. The smallest absolute Gasteiger partial charge is 0.0724 e. The largest absolute Gasteiger partial charge is 0.380 e. The van der Waals surface area contributed by atoms with Crippen molar-refractivity contribution in [3.8, 4) is 0 Å². The van der Waals surface area contributed by atoms with Crippen molar-refractivity contribution in [2.75, 3.05) is 13.7 Å². The third-order valence-corrected chi connectivity index (χ3v) is 4.34. The SMILES string of the molecule is CCCNC(CCC1CCCC1)C(CCC)OC. The van der Waals surface area contributed by atoms with Crippen molar-refractivity contribution in [3.05, 3.63) is 0 Å². The van der Waals surface area contributed by atoms with E-state index in [0.29, 0.717) is 12.1 Å². The number of methoxy groups -OCH3 is 1. The molecule has 2 heteroatoms. The lowest BCUT2D eigenvalue weighted by Crippen LogP contribution is -2.41. The van der Waals surface area contributed by atoms with E-state index in [2.05, 4.69) is 19.2 Å². The van der Waals surface area contributed by atoms with Gasteiger partial charge >= 0.3 is 0 Å². The Morgan fingerprint density at radius 1 is 1.11 bits per heavy atom. The Morgan fingerprint density at radius 2 is 1.83 bits per heavy atom. The van der Waals surface area contributed by atoms with E-state index in [0.717, 1.165) is 12.5 Å². The van der Waals surface area contributed by atoms with Crippen LogP contribution in [0.2, 0.25) is 0 Å². The molecule has 2 atom stereocenters. The molecule has 1 saturated carbocycles. The molecule has 0 saturated heterocycles. The first-order chi connectivity index (χ1) is 8.81. The molecular weight excluding hydrogens is 222 g/mol. The molecule has 1 aliphatic carbocycles. The minimum Gasteiger partial charge on any atom is -0.380 e. The Bertz CT molecular complexity index is 190. The first-order valence-electron chi connectivity index (χ1n) is 8.07. The maximum atomic E-state index is 5.70. The zero-order valence-corrected chi connectivity index (χ0v) is 12.7. The highest BCUT2D eigenvalue weighted by molar-refractivity contribution is 4.79. The van der Waals surface area contributed by atoms with Crippen molar-refractivity contribution in [3.63, 3.8) is 0 Å². The Kier molecular flexibility index (Phi) is 8.70. The molecule has 0 amide bonds. The Morgan fingerprint density at radius 3 is 2.39 bits per heavy atom. The molecule has 0 bridgehead atoms. The lowest BCUT2D eigenvalue weighted by atomic mass is 9.94. The molecule has 1 fully saturated rings. The van der Waals surface area contributed by atoms with Gasteiger partial charge in [-0.1, -0.05) is 46.0 Å². The maximum Gasteiger partial charge on any atom is 0.0724 e. The summed E-state index contributed by atoms with van der Waals surface area (Å²) in [5.41, 5.74) is 0. The van der Waals surface area contributed by atoms with Crippen molar-refractivity contribution in [1.29, 1.82) is 0 Å². The molecule has 0 aliphatic heterocycles. The van der Waals surface area contributed by atoms with E-state index in [4.69, 9.17) is 4.74 Å². The van der Waals surface area contributed by atoms with Crippen LogP contribution in [0, 0.1) is 5.92 Å². The summed E-state index contributed by atoms with van der Waals surface area (Å²) in [5.74, 6) is 0.995. The van der Waals surface area contributed by atoms with Gasteiger partial charge in [0.05, 0.1) is 6.10 Å². The summed E-state index contributed by atoms with van der Waals surface area (Å²) in [6.07, 6.45) is 12.5. The average molecular weight is 255 g/mol. The predicted molar refractivity (Wildman–Crippen MR) is 79.0 cm³/mol. The molecule has 2 nitrogen and oxygen atoms in total. The van der Waals surface area contributed by atoms with Crippen LogP contribution < -0.4 is 5.32 Å². The van der Waals surface area contributed by atoms with Crippen molar-refractivity contribution < 1.29 is 4.74 Å². The molecular formula is C16H33NO. The van der Waals surface area contributed by atoms with Crippen molar-refractivity contribution in [2.45, 2.75) is 83.8 Å². The number of ether oxygens (including phenoxy) is 1. The van der Waals surface area contributed by atoms with E-state index in [1.807, 2.05) is 7.11 Å². The van der Waals surface area contributed by atoms with Crippen LogP contribution in [-0.4, -0.2) is 25.8 Å². The van der Waals surface area contributed by atoms with Crippen LogP contribution in [0.5, 0.6) is 0 Å². The van der Waals surface area contributed by atoms with Crippen LogP contribution in [-0.2, 0) is 4.74 Å². The van der Waals surface area contributed by atoms with Gasteiger partial charge in [0.1, 0.15) is 0 Å². The van der Waals surface area contributed by atoms with Crippen LogP contribution in [0.4, 0.5) is 0 Å². The Hall–Kier alpha value is -0.0800. The van der Waals surface area contributed by atoms with E-state index in [1.165, 1.54) is 57.8 Å². The fourth-order valence-corrected chi connectivity index (χ4v) is 3.23. The minimum atomic E-state index is 0.406. The van der Waals surface area contributed by atoms with Gasteiger partial charge < -0.3 is 10.1 Å². The average Bonchev–Trinajstić information content (AvgIpc) is 2.90. The maximum absolute atomic E-state index is 5.70. The molecule has 2 unspecified atom stereocenters. The second-order valence-electron chi connectivity index (χ2n) is 5.85. The van der Waals surface area contributed by atoms with E-state index in [9.17, 15) is 0 Å². The van der Waals surface area contributed by atoms with Gasteiger partial charge in [-0.2, -0.15) is 0 Å². The van der Waals surface area contributed by atoms with E-state index < -0.39 is 0 Å². The lowest BCUT2D eigenvalue weighted by molar-refractivity contribution is 0.0560. The van der Waals surface area contributed by atoms with Crippen LogP contribution in [0.3, 0.4) is 0 Å². The number of nitrogens with one attached hydrogen (secondary N) is 1. The summed E-state index contributed by atoms with van der Waals surface area (Å²) in [6, 6.07) is 0.565. The van der Waals surface area contributed by atoms with Gasteiger partial charge in [-0.25, -0.2) is 0 Å². The van der Waals surface area contributed by atoms with Gasteiger partial charge in [0.25, 0.3) is 0 Å². The highest BCUT2D eigenvalue weighted by atomic mass is 16.5. The monoisotopic (exact) mass is 255 g/mol. The lowest BCUT2D eigenvalue weighted by Gasteiger charge is -2.28. The number of hydrogen-bond donors (Lipinski definition) is 1. The molecule has 0 spiro atoms. The molecule has 18 heavy (non-hydrogen) atoms. The third-order valence-electron chi connectivity index (χ3n) is 4.34. The standard InChI is InChI=1S/C16H33NO/c1-4-8-16(18-3)15(17-13-5-2)12-11-14-9-6-7-10-14/h14-17H,4-13H2,1-3H3. The topological polar surface area (TPSA) is 21.3 Å². The number of rotatable bonds is 10. The Balaban J connectivity index is 2.36. The fraction of sp³-hybridized carbons (Fsp3) is 1.00. The highest BCUT2D eigenvalue weighted by Crippen LogP contribution is 2.29. The molecule has 0 radical (unpaired) electrons. The minimum absolute atomic E-state index is 0.406. The third kappa shape index (κ3) is 5.71. The normalized spacial score (nSPS) is 20.2. The van der Waals surface area contributed by atoms with Gasteiger partial charge in [-0.15, -0.1) is 0 Å². The van der Waals surface area contributed by atoms with E-state index in [-0.39, 0.29) is 0 Å². The van der Waals surface area contributed by atoms with Gasteiger partial charge in [-0.3, -0.25) is 0 Å². The van der Waals surface area contributed by atoms with Gasteiger partial charge in [0, 0.05) is 13.2 Å². The molecule has 1 rings (SSSR count). The van der Waals surface area contributed by atoms with Crippen molar-refractivity contribution in [2.24, 2.45) is 5.92 Å². The second-order valence-corrected chi connectivity index (χ2v) is 5.85. The van der Waals surface area contributed by atoms with Crippen LogP contribution >= 0.6 is 0 Å². The summed E-state index contributed by atoms with van der Waals surface area (Å²) < 4.78 is 5.70. The van der Waals surface area contributed by atoms with Gasteiger partial charge in [0.2, 0.25) is 0 Å². The zero-order chi connectivity index (χ0) is 13.2. The summed E-state index contributed by atoms with van der Waals surface area (Å²) in [4.78, 5) is 0. The first-order valence-corrected chi connectivity index (χ1v) is 8.07. The van der Waals surface area contributed by atoms with Gasteiger partial charge in [-0.05, 0) is 38.1 Å². The molecule has 108 valence electrons.